The van der Waals surface area contributed by atoms with Crippen molar-refractivity contribution in [3.63, 3.8) is 0 Å². The monoisotopic (exact) mass is 245 g/mol. The Balaban J connectivity index is 2.65. The smallest absolute Gasteiger partial charge is 0.103 e. The van der Waals surface area contributed by atoms with Crippen LogP contribution in [0.25, 0.3) is 5.69 Å². The number of rotatable bonds is 2. The third-order valence-electron chi connectivity index (χ3n) is 2.72. The normalized spacial score (nSPS) is 10.2. The van der Waals surface area contributed by atoms with Gasteiger partial charge in [0.1, 0.15) is 6.07 Å². The van der Waals surface area contributed by atoms with Gasteiger partial charge in [-0.3, -0.25) is 0 Å². The summed E-state index contributed by atoms with van der Waals surface area (Å²) < 4.78 is 1.79. The number of hydrogen-bond acceptors (Lipinski definition) is 2. The van der Waals surface area contributed by atoms with Crippen LogP contribution in [0.4, 0.5) is 0 Å². The largest absolute Gasteiger partial charge is 0.236 e. The van der Waals surface area contributed by atoms with Crippen molar-refractivity contribution < 1.29 is 0 Å². The Bertz CT molecular complexity index is 593. The average Bonchev–Trinajstić information content (AvgIpc) is 2.74. The van der Waals surface area contributed by atoms with Gasteiger partial charge in [-0.15, -0.1) is 0 Å². The molecule has 0 spiro atoms. The van der Waals surface area contributed by atoms with Crippen molar-refractivity contribution >= 4 is 11.6 Å². The number of nitriles is 1. The van der Waals surface area contributed by atoms with Gasteiger partial charge in [-0.05, 0) is 31.0 Å². The third-order valence-corrected chi connectivity index (χ3v) is 2.96. The van der Waals surface area contributed by atoms with Crippen LogP contribution in [0.15, 0.2) is 24.4 Å². The molecule has 1 aromatic carbocycles. The predicted molar refractivity (Wildman–Crippen MR) is 67.4 cm³/mol. The Hall–Kier alpha value is -1.79. The molecule has 0 amide bonds. The molecule has 0 saturated heterocycles. The summed E-state index contributed by atoms with van der Waals surface area (Å²) in [6.07, 6.45) is 2.36. The summed E-state index contributed by atoms with van der Waals surface area (Å²) in [6, 6.07) is 7.82. The molecule has 0 radical (unpaired) electrons. The summed E-state index contributed by atoms with van der Waals surface area (Å²) >= 11 is 6.00. The van der Waals surface area contributed by atoms with Crippen molar-refractivity contribution in [3.05, 3.63) is 46.2 Å². The van der Waals surface area contributed by atoms with Gasteiger partial charge in [0.25, 0.3) is 0 Å². The topological polar surface area (TPSA) is 41.6 Å². The lowest BCUT2D eigenvalue weighted by Gasteiger charge is -2.09. The molecule has 4 heteroatoms. The highest BCUT2D eigenvalue weighted by Gasteiger charge is 2.12. The van der Waals surface area contributed by atoms with Gasteiger partial charge in [-0.1, -0.05) is 24.6 Å². The number of aromatic nitrogens is 2. The van der Waals surface area contributed by atoms with E-state index in [-0.39, 0.29) is 0 Å². The Morgan fingerprint density at radius 1 is 1.47 bits per heavy atom. The number of halogens is 1. The van der Waals surface area contributed by atoms with E-state index in [1.807, 2.05) is 32.0 Å². The molecule has 1 aromatic heterocycles. The van der Waals surface area contributed by atoms with Crippen LogP contribution < -0.4 is 0 Å². The van der Waals surface area contributed by atoms with Crippen LogP contribution in [-0.2, 0) is 6.42 Å². The minimum Gasteiger partial charge on any atom is -0.236 e. The SMILES string of the molecule is CCc1c(C#N)cnn1-c1cc(Cl)ccc1C. The zero-order chi connectivity index (χ0) is 12.4. The van der Waals surface area contributed by atoms with E-state index in [1.54, 1.807) is 10.9 Å². The number of benzene rings is 1. The molecule has 17 heavy (non-hydrogen) atoms. The maximum Gasteiger partial charge on any atom is 0.103 e. The highest BCUT2D eigenvalue weighted by atomic mass is 35.5. The first-order chi connectivity index (χ1) is 8.17. The van der Waals surface area contributed by atoms with Gasteiger partial charge in [-0.25, -0.2) is 4.68 Å². The second-order valence-electron chi connectivity index (χ2n) is 3.81. The van der Waals surface area contributed by atoms with Gasteiger partial charge in [0, 0.05) is 5.02 Å². The molecule has 2 rings (SSSR count). The van der Waals surface area contributed by atoms with Crippen LogP contribution in [0.3, 0.4) is 0 Å². The lowest BCUT2D eigenvalue weighted by molar-refractivity contribution is 0.808. The average molecular weight is 246 g/mol. The molecule has 1 heterocycles. The van der Waals surface area contributed by atoms with E-state index in [0.717, 1.165) is 23.4 Å². The number of aryl methyl sites for hydroxylation is 1. The molecule has 0 aliphatic heterocycles. The first-order valence-corrected chi connectivity index (χ1v) is 5.78. The summed E-state index contributed by atoms with van der Waals surface area (Å²) in [5.74, 6) is 0. The Kier molecular flexibility index (Phi) is 3.16. The van der Waals surface area contributed by atoms with Gasteiger partial charge >= 0.3 is 0 Å². The second kappa shape index (κ2) is 4.60. The lowest BCUT2D eigenvalue weighted by atomic mass is 10.1. The van der Waals surface area contributed by atoms with Crippen LogP contribution in [0.5, 0.6) is 0 Å². The van der Waals surface area contributed by atoms with E-state index in [2.05, 4.69) is 11.2 Å². The molecule has 0 aliphatic rings. The van der Waals surface area contributed by atoms with Gasteiger partial charge in [0.05, 0.1) is 23.1 Å². The van der Waals surface area contributed by atoms with Crippen molar-refractivity contribution in [2.45, 2.75) is 20.3 Å². The highest BCUT2D eigenvalue weighted by Crippen LogP contribution is 2.22. The van der Waals surface area contributed by atoms with Crippen molar-refractivity contribution in [2.24, 2.45) is 0 Å². The van der Waals surface area contributed by atoms with Crippen molar-refractivity contribution in [2.75, 3.05) is 0 Å². The minimum absolute atomic E-state index is 0.617. The van der Waals surface area contributed by atoms with Crippen LogP contribution >= 0.6 is 11.6 Å². The minimum atomic E-state index is 0.617. The Morgan fingerprint density at radius 3 is 2.88 bits per heavy atom. The Labute approximate surface area is 105 Å². The zero-order valence-electron chi connectivity index (χ0n) is 9.74. The maximum atomic E-state index is 9.00. The fourth-order valence-electron chi connectivity index (χ4n) is 1.83. The first-order valence-electron chi connectivity index (χ1n) is 5.41. The summed E-state index contributed by atoms with van der Waals surface area (Å²) in [5.41, 5.74) is 3.54. The molecule has 3 nitrogen and oxygen atoms in total. The summed E-state index contributed by atoms with van der Waals surface area (Å²) in [7, 11) is 0. The molecule has 0 unspecified atom stereocenters. The molecule has 2 aromatic rings. The Morgan fingerprint density at radius 2 is 2.24 bits per heavy atom. The van der Waals surface area contributed by atoms with Crippen LogP contribution in [0.2, 0.25) is 5.02 Å². The van der Waals surface area contributed by atoms with Crippen molar-refractivity contribution in [1.82, 2.24) is 9.78 Å². The van der Waals surface area contributed by atoms with Gasteiger partial charge in [0.15, 0.2) is 0 Å². The van der Waals surface area contributed by atoms with Crippen molar-refractivity contribution in [3.8, 4) is 11.8 Å². The number of hydrogen-bond donors (Lipinski definition) is 0. The first kappa shape index (κ1) is 11.7. The molecule has 86 valence electrons. The van der Waals surface area contributed by atoms with Gasteiger partial charge < -0.3 is 0 Å². The van der Waals surface area contributed by atoms with Crippen LogP contribution in [0.1, 0.15) is 23.7 Å². The van der Waals surface area contributed by atoms with Crippen LogP contribution in [-0.4, -0.2) is 9.78 Å². The maximum absolute atomic E-state index is 9.00. The molecule has 0 N–H and O–H groups in total. The molecular weight excluding hydrogens is 234 g/mol. The van der Waals surface area contributed by atoms with E-state index in [9.17, 15) is 0 Å². The summed E-state index contributed by atoms with van der Waals surface area (Å²) in [5, 5.41) is 13.9. The zero-order valence-corrected chi connectivity index (χ0v) is 10.5. The number of nitrogens with zero attached hydrogens (tertiary/aromatic N) is 3. The molecule has 0 aliphatic carbocycles. The van der Waals surface area contributed by atoms with Crippen molar-refractivity contribution in [1.29, 1.82) is 5.26 Å². The van der Waals surface area contributed by atoms with E-state index in [1.165, 1.54) is 0 Å². The van der Waals surface area contributed by atoms with E-state index in [4.69, 9.17) is 16.9 Å². The van der Waals surface area contributed by atoms with E-state index >= 15 is 0 Å². The van der Waals surface area contributed by atoms with Gasteiger partial charge in [-0.2, -0.15) is 10.4 Å². The summed E-state index contributed by atoms with van der Waals surface area (Å²) in [6.45, 7) is 4.01. The third kappa shape index (κ3) is 2.04. The lowest BCUT2D eigenvalue weighted by Crippen LogP contribution is -2.04. The molecule has 0 saturated carbocycles. The second-order valence-corrected chi connectivity index (χ2v) is 4.25. The molecule has 0 fully saturated rings. The standard InChI is InChI=1S/C13H12ClN3/c1-3-12-10(7-15)8-16-17(12)13-6-11(14)5-4-9(13)2/h4-6,8H,3H2,1-2H3. The highest BCUT2D eigenvalue weighted by molar-refractivity contribution is 6.30. The fraction of sp³-hybridized carbons (Fsp3) is 0.231. The fourth-order valence-corrected chi connectivity index (χ4v) is 1.99. The summed E-state index contributed by atoms with van der Waals surface area (Å²) in [4.78, 5) is 0. The predicted octanol–water partition coefficient (Wildman–Crippen LogP) is 3.27. The van der Waals surface area contributed by atoms with E-state index in [0.29, 0.717) is 10.6 Å². The van der Waals surface area contributed by atoms with Crippen LogP contribution in [0, 0.1) is 18.3 Å². The quantitative estimate of drug-likeness (QED) is 0.815. The molecule has 0 bridgehead atoms. The van der Waals surface area contributed by atoms with Gasteiger partial charge in [0.2, 0.25) is 0 Å². The van der Waals surface area contributed by atoms with E-state index < -0.39 is 0 Å². The molecular formula is C13H12ClN3. The molecule has 0 atom stereocenters.